The molecule has 0 aromatic heterocycles. The average molecular weight is 183 g/mol. The van der Waals surface area contributed by atoms with Crippen LogP contribution in [0.4, 0.5) is 0 Å². The fourth-order valence-electron chi connectivity index (χ4n) is 1.86. The lowest BCUT2D eigenvalue weighted by Gasteiger charge is -2.34. The zero-order chi connectivity index (χ0) is 10.0. The maximum Gasteiger partial charge on any atom is 0.118 e. The first-order valence-electron chi connectivity index (χ1n) is 5.12. The molecule has 0 amide bonds. The quantitative estimate of drug-likeness (QED) is 0.652. The second-order valence-electron chi connectivity index (χ2n) is 4.33. The second-order valence-corrected chi connectivity index (χ2v) is 4.33. The largest absolute Gasteiger partial charge is 0.494 e. The molecule has 1 rings (SSSR count). The molecule has 0 unspecified atom stereocenters. The van der Waals surface area contributed by atoms with Crippen LogP contribution in [0.15, 0.2) is 11.5 Å². The van der Waals surface area contributed by atoms with Crippen molar-refractivity contribution in [2.75, 3.05) is 20.2 Å². The number of ether oxygens (including phenoxy) is 1. The van der Waals surface area contributed by atoms with E-state index in [9.17, 15) is 0 Å². The molecule has 0 saturated heterocycles. The van der Waals surface area contributed by atoms with Crippen LogP contribution < -0.4 is 0 Å². The minimum atomic E-state index is 0.500. The van der Waals surface area contributed by atoms with Gasteiger partial charge in [-0.3, -0.25) is 0 Å². The molecule has 2 nitrogen and oxygen atoms in total. The van der Waals surface area contributed by atoms with Gasteiger partial charge in [-0.1, -0.05) is 27.7 Å². The van der Waals surface area contributed by atoms with Crippen molar-refractivity contribution < 1.29 is 4.74 Å². The molecule has 1 heterocycles. The van der Waals surface area contributed by atoms with Crippen molar-refractivity contribution in [2.45, 2.75) is 27.7 Å². The van der Waals surface area contributed by atoms with Gasteiger partial charge in [-0.05, 0) is 5.92 Å². The van der Waals surface area contributed by atoms with Crippen LogP contribution in [0.3, 0.4) is 0 Å². The van der Waals surface area contributed by atoms with Gasteiger partial charge in [0.2, 0.25) is 0 Å². The number of allylic oxidation sites excluding steroid dienone is 2. The van der Waals surface area contributed by atoms with Crippen molar-refractivity contribution in [3.8, 4) is 0 Å². The van der Waals surface area contributed by atoms with Gasteiger partial charge in [-0.25, -0.2) is 0 Å². The van der Waals surface area contributed by atoms with E-state index < -0.39 is 0 Å². The third-order valence-corrected chi connectivity index (χ3v) is 2.42. The molecule has 76 valence electrons. The summed E-state index contributed by atoms with van der Waals surface area (Å²) in [6.45, 7) is 10.7. The summed E-state index contributed by atoms with van der Waals surface area (Å²) in [5.74, 6) is 2.24. The van der Waals surface area contributed by atoms with Gasteiger partial charge in [0.05, 0.1) is 12.2 Å². The summed E-state index contributed by atoms with van der Waals surface area (Å²) in [4.78, 5) is 2.32. The standard InChI is InChI=1S/C11H21NO/c1-8(2)10-11(9(3)4)13-7-6-12(10)5/h8-9H,6-7H2,1-5H3. The zero-order valence-corrected chi connectivity index (χ0v) is 9.42. The Morgan fingerprint density at radius 2 is 1.77 bits per heavy atom. The molecule has 0 aromatic rings. The van der Waals surface area contributed by atoms with Crippen LogP contribution in [0, 0.1) is 11.8 Å². The third kappa shape index (κ3) is 2.17. The Morgan fingerprint density at radius 3 is 2.15 bits per heavy atom. The zero-order valence-electron chi connectivity index (χ0n) is 9.42. The average Bonchev–Trinajstić information content (AvgIpc) is 2.02. The molecule has 2 heteroatoms. The van der Waals surface area contributed by atoms with Gasteiger partial charge >= 0.3 is 0 Å². The van der Waals surface area contributed by atoms with E-state index >= 15 is 0 Å². The topological polar surface area (TPSA) is 12.5 Å². The number of hydrogen-bond acceptors (Lipinski definition) is 2. The van der Waals surface area contributed by atoms with Gasteiger partial charge in [0.25, 0.3) is 0 Å². The van der Waals surface area contributed by atoms with Crippen molar-refractivity contribution >= 4 is 0 Å². The molecule has 0 saturated carbocycles. The van der Waals surface area contributed by atoms with Gasteiger partial charge in [0.1, 0.15) is 12.4 Å². The fraction of sp³-hybridized carbons (Fsp3) is 0.818. The van der Waals surface area contributed by atoms with Gasteiger partial charge in [0.15, 0.2) is 0 Å². The highest BCUT2D eigenvalue weighted by Crippen LogP contribution is 2.27. The number of nitrogens with zero attached hydrogens (tertiary/aromatic N) is 1. The maximum absolute atomic E-state index is 5.72. The SMILES string of the molecule is CC(C)C1=C(C(C)C)N(C)CCO1. The summed E-state index contributed by atoms with van der Waals surface area (Å²) in [6, 6.07) is 0. The monoisotopic (exact) mass is 183 g/mol. The van der Waals surface area contributed by atoms with E-state index in [1.54, 1.807) is 0 Å². The van der Waals surface area contributed by atoms with Crippen LogP contribution in [0.5, 0.6) is 0 Å². The van der Waals surface area contributed by atoms with E-state index in [4.69, 9.17) is 4.74 Å². The molecule has 0 atom stereocenters. The smallest absolute Gasteiger partial charge is 0.118 e. The maximum atomic E-state index is 5.72. The van der Waals surface area contributed by atoms with Crippen molar-refractivity contribution in [1.29, 1.82) is 0 Å². The van der Waals surface area contributed by atoms with E-state index in [1.165, 1.54) is 11.5 Å². The predicted molar refractivity (Wildman–Crippen MR) is 55.3 cm³/mol. The molecule has 1 aliphatic rings. The van der Waals surface area contributed by atoms with Crippen molar-refractivity contribution in [3.63, 3.8) is 0 Å². The number of likely N-dealkylation sites (N-methyl/N-ethyl adjacent to an activating group) is 1. The molecular formula is C11H21NO. The van der Waals surface area contributed by atoms with Crippen LogP contribution in [-0.2, 0) is 4.74 Å². The lowest BCUT2D eigenvalue weighted by Crippen LogP contribution is -2.33. The lowest BCUT2D eigenvalue weighted by atomic mass is 10.0. The van der Waals surface area contributed by atoms with Crippen molar-refractivity contribution in [3.05, 3.63) is 11.5 Å². The Labute approximate surface area is 81.6 Å². The first-order chi connectivity index (χ1) is 6.04. The molecule has 0 aliphatic carbocycles. The molecular weight excluding hydrogens is 162 g/mol. The van der Waals surface area contributed by atoms with Crippen LogP contribution in [0.2, 0.25) is 0 Å². The van der Waals surface area contributed by atoms with Crippen LogP contribution in [-0.4, -0.2) is 25.1 Å². The number of rotatable bonds is 2. The first kappa shape index (κ1) is 10.4. The lowest BCUT2D eigenvalue weighted by molar-refractivity contribution is 0.111. The van der Waals surface area contributed by atoms with Crippen molar-refractivity contribution in [1.82, 2.24) is 4.90 Å². The molecule has 0 fully saturated rings. The van der Waals surface area contributed by atoms with Crippen molar-refractivity contribution in [2.24, 2.45) is 11.8 Å². The second kappa shape index (κ2) is 4.03. The van der Waals surface area contributed by atoms with Gasteiger partial charge in [-0.2, -0.15) is 0 Å². The Morgan fingerprint density at radius 1 is 1.15 bits per heavy atom. The highest BCUT2D eigenvalue weighted by atomic mass is 16.5. The van der Waals surface area contributed by atoms with E-state index in [2.05, 4.69) is 39.6 Å². The van der Waals surface area contributed by atoms with Gasteiger partial charge < -0.3 is 9.64 Å². The normalized spacial score (nSPS) is 18.5. The predicted octanol–water partition coefficient (Wildman–Crippen LogP) is 2.47. The van der Waals surface area contributed by atoms with Crippen LogP contribution in [0.25, 0.3) is 0 Å². The van der Waals surface area contributed by atoms with Gasteiger partial charge in [-0.15, -0.1) is 0 Å². The summed E-state index contributed by atoms with van der Waals surface area (Å²) >= 11 is 0. The van der Waals surface area contributed by atoms with Gasteiger partial charge in [0, 0.05) is 13.0 Å². The fourth-order valence-corrected chi connectivity index (χ4v) is 1.86. The molecule has 13 heavy (non-hydrogen) atoms. The van der Waals surface area contributed by atoms with Crippen LogP contribution in [0.1, 0.15) is 27.7 Å². The Hall–Kier alpha value is -0.660. The van der Waals surface area contributed by atoms with E-state index in [1.807, 2.05) is 0 Å². The Kier molecular flexibility index (Phi) is 3.23. The molecule has 0 N–H and O–H groups in total. The molecule has 1 aliphatic heterocycles. The van der Waals surface area contributed by atoms with E-state index in [0.717, 1.165) is 13.2 Å². The molecule has 0 aromatic carbocycles. The summed E-state index contributed by atoms with van der Waals surface area (Å²) in [5, 5.41) is 0. The number of hydrogen-bond donors (Lipinski definition) is 0. The molecule has 0 radical (unpaired) electrons. The van der Waals surface area contributed by atoms with E-state index in [0.29, 0.717) is 11.8 Å². The first-order valence-corrected chi connectivity index (χ1v) is 5.12. The molecule has 0 spiro atoms. The summed E-state index contributed by atoms with van der Waals surface area (Å²) in [5.41, 5.74) is 1.38. The highest BCUT2D eigenvalue weighted by Gasteiger charge is 2.22. The minimum absolute atomic E-state index is 0.500. The Bertz CT molecular complexity index is 206. The van der Waals surface area contributed by atoms with Crippen LogP contribution >= 0.6 is 0 Å². The Balaban J connectivity index is 2.97. The summed E-state index contributed by atoms with van der Waals surface area (Å²) in [6.07, 6.45) is 0. The third-order valence-electron chi connectivity index (χ3n) is 2.42. The van der Waals surface area contributed by atoms with E-state index in [-0.39, 0.29) is 0 Å². The summed E-state index contributed by atoms with van der Waals surface area (Å²) in [7, 11) is 2.15. The molecule has 0 bridgehead atoms. The summed E-state index contributed by atoms with van der Waals surface area (Å²) < 4.78 is 5.72. The highest BCUT2D eigenvalue weighted by molar-refractivity contribution is 5.13. The minimum Gasteiger partial charge on any atom is -0.494 e.